The fourth-order valence-corrected chi connectivity index (χ4v) is 3.93. The highest BCUT2D eigenvalue weighted by Crippen LogP contribution is 2.27. The number of hydrogen-bond acceptors (Lipinski definition) is 5. The van der Waals surface area contributed by atoms with E-state index in [-0.39, 0.29) is 24.9 Å². The van der Waals surface area contributed by atoms with E-state index in [0.29, 0.717) is 32.9 Å². The van der Waals surface area contributed by atoms with Crippen molar-refractivity contribution in [3.63, 3.8) is 0 Å². The van der Waals surface area contributed by atoms with Gasteiger partial charge in [-0.15, -0.1) is 0 Å². The summed E-state index contributed by atoms with van der Waals surface area (Å²) in [5.41, 5.74) is 14.8. The lowest BCUT2D eigenvalue weighted by molar-refractivity contribution is -0.124. The molecule has 3 aromatic rings. The lowest BCUT2D eigenvalue weighted by Gasteiger charge is -2.20. The third-order valence-corrected chi connectivity index (χ3v) is 6.51. The van der Waals surface area contributed by atoms with Gasteiger partial charge in [0.1, 0.15) is 5.82 Å². The van der Waals surface area contributed by atoms with Gasteiger partial charge < -0.3 is 22.1 Å². The van der Waals surface area contributed by atoms with Gasteiger partial charge in [-0.1, -0.05) is 59.1 Å². The van der Waals surface area contributed by atoms with Crippen LogP contribution in [0.5, 0.6) is 0 Å². The van der Waals surface area contributed by atoms with Gasteiger partial charge in [-0.25, -0.2) is 4.98 Å². The molecule has 0 fully saturated rings. The summed E-state index contributed by atoms with van der Waals surface area (Å²) < 4.78 is 0. The second-order valence-electron chi connectivity index (χ2n) is 8.11. The van der Waals surface area contributed by atoms with E-state index in [2.05, 4.69) is 15.6 Å². The van der Waals surface area contributed by atoms with Crippen molar-refractivity contribution in [1.82, 2.24) is 15.6 Å². The molecule has 3 rings (SSSR count). The van der Waals surface area contributed by atoms with Crippen LogP contribution in [0.3, 0.4) is 0 Å². The number of aryl methyl sites for hydroxylation is 1. The molecule has 35 heavy (non-hydrogen) atoms. The summed E-state index contributed by atoms with van der Waals surface area (Å²) in [6.07, 6.45) is 0.329. The maximum absolute atomic E-state index is 13.2. The number of nitrogens with zero attached hydrogens (tertiary/aromatic N) is 1. The fraction of sp³-hybridized carbons (Fsp3) is 0.240. The van der Waals surface area contributed by atoms with Gasteiger partial charge in [0.05, 0.1) is 22.0 Å². The minimum atomic E-state index is -0.794. The molecule has 10 heteroatoms. The number of nitrogens with two attached hydrogens (primary N) is 2. The lowest BCUT2D eigenvalue weighted by Crippen LogP contribution is -2.45. The summed E-state index contributed by atoms with van der Waals surface area (Å²) in [7, 11) is 0. The molecule has 0 spiro atoms. The summed E-state index contributed by atoms with van der Waals surface area (Å²) >= 11 is 18.1. The van der Waals surface area contributed by atoms with Crippen LogP contribution in [0.1, 0.15) is 28.3 Å². The van der Waals surface area contributed by atoms with Gasteiger partial charge in [0.25, 0.3) is 0 Å². The average Bonchev–Trinajstić information content (AvgIpc) is 2.82. The Bertz CT molecular complexity index is 1200. The van der Waals surface area contributed by atoms with Gasteiger partial charge in [-0.05, 0) is 60.4 Å². The molecule has 7 nitrogen and oxygen atoms in total. The van der Waals surface area contributed by atoms with Crippen LogP contribution in [-0.2, 0) is 22.6 Å². The molecule has 0 radical (unpaired) electrons. The monoisotopic (exact) mass is 533 g/mol. The summed E-state index contributed by atoms with van der Waals surface area (Å²) in [6, 6.07) is 14.7. The smallest absolute Gasteiger partial charge is 0.237 e. The molecule has 0 aliphatic rings. The Balaban J connectivity index is 1.70. The number of carbonyl (C=O) groups is 2. The Morgan fingerprint density at radius 3 is 2.31 bits per heavy atom. The quantitative estimate of drug-likeness (QED) is 0.330. The Kier molecular flexibility index (Phi) is 9.34. The zero-order chi connectivity index (χ0) is 25.5. The predicted octanol–water partition coefficient (Wildman–Crippen LogP) is 4.02. The molecule has 0 aliphatic carbocycles. The number of anilines is 1. The number of pyridine rings is 1. The zero-order valence-electron chi connectivity index (χ0n) is 19.0. The van der Waals surface area contributed by atoms with Crippen molar-refractivity contribution in [1.29, 1.82) is 0 Å². The first kappa shape index (κ1) is 26.8. The molecule has 6 N–H and O–H groups in total. The summed E-state index contributed by atoms with van der Waals surface area (Å²) in [5, 5.41) is 6.97. The first-order valence-electron chi connectivity index (χ1n) is 10.9. The highest BCUT2D eigenvalue weighted by atomic mass is 35.5. The largest absolute Gasteiger partial charge is 0.384 e. The molecule has 2 atom stereocenters. The normalized spacial score (nSPS) is 12.6. The number of benzene rings is 2. The predicted molar refractivity (Wildman–Crippen MR) is 141 cm³/mol. The maximum Gasteiger partial charge on any atom is 0.237 e. The molecule has 1 heterocycles. The highest BCUT2D eigenvalue weighted by molar-refractivity contribution is 6.42. The van der Waals surface area contributed by atoms with Gasteiger partial charge >= 0.3 is 0 Å². The third-order valence-electron chi connectivity index (χ3n) is 5.52. The fourth-order valence-electron chi connectivity index (χ4n) is 3.49. The Labute approximate surface area is 219 Å². The molecule has 1 aromatic heterocycles. The summed E-state index contributed by atoms with van der Waals surface area (Å²) in [4.78, 5) is 30.1. The molecule has 0 unspecified atom stereocenters. The molecular formula is C25H26Cl3N5O2. The molecule has 0 saturated heterocycles. The van der Waals surface area contributed by atoms with Gasteiger partial charge in [0.15, 0.2) is 0 Å². The molecule has 0 bridgehead atoms. The van der Waals surface area contributed by atoms with Crippen LogP contribution in [0.25, 0.3) is 0 Å². The van der Waals surface area contributed by atoms with Gasteiger partial charge in [0, 0.05) is 23.8 Å². The van der Waals surface area contributed by atoms with Gasteiger partial charge in [0.2, 0.25) is 11.8 Å². The van der Waals surface area contributed by atoms with E-state index < -0.39 is 12.0 Å². The molecule has 0 aliphatic heterocycles. The number of aromatic nitrogens is 1. The zero-order valence-corrected chi connectivity index (χ0v) is 21.3. The van der Waals surface area contributed by atoms with Crippen molar-refractivity contribution in [2.45, 2.75) is 31.8 Å². The van der Waals surface area contributed by atoms with Crippen molar-refractivity contribution >= 4 is 52.4 Å². The second kappa shape index (κ2) is 12.2. The van der Waals surface area contributed by atoms with Gasteiger partial charge in [-0.3, -0.25) is 9.59 Å². The number of nitrogen functional groups attached to an aromatic ring is 1. The summed E-state index contributed by atoms with van der Waals surface area (Å²) in [6.45, 7) is 2.09. The van der Waals surface area contributed by atoms with Crippen molar-refractivity contribution in [2.24, 2.45) is 5.73 Å². The molecule has 2 aromatic carbocycles. The Morgan fingerprint density at radius 2 is 1.66 bits per heavy atom. The van der Waals surface area contributed by atoms with Crippen LogP contribution in [0.2, 0.25) is 15.1 Å². The van der Waals surface area contributed by atoms with Crippen molar-refractivity contribution in [3.05, 3.63) is 92.0 Å². The van der Waals surface area contributed by atoms with E-state index in [1.165, 1.54) is 0 Å². The van der Waals surface area contributed by atoms with Crippen LogP contribution in [0, 0.1) is 6.92 Å². The van der Waals surface area contributed by atoms with E-state index in [4.69, 9.17) is 46.3 Å². The standard InChI is InChI=1S/C25H26Cl3N5O2/c1-14-17(5-9-23(30)33-14)12-31-24(34)19(16-4-8-20(27)21(28)11-16)13-32-25(35)22(29)10-15-2-6-18(26)7-3-15/h2-9,11,19,22H,10,12-13,29H2,1H3,(H2,30,33)(H,31,34)(H,32,35)/t19-,22+/m0/s1. The summed E-state index contributed by atoms with van der Waals surface area (Å²) in [5.74, 6) is -0.995. The van der Waals surface area contributed by atoms with E-state index in [0.717, 1.165) is 16.8 Å². The van der Waals surface area contributed by atoms with Crippen LogP contribution >= 0.6 is 34.8 Å². The number of rotatable bonds is 9. The maximum atomic E-state index is 13.2. The SMILES string of the molecule is Cc1nc(N)ccc1CNC(=O)[C@@H](CNC(=O)[C@H](N)Cc1ccc(Cl)cc1)c1ccc(Cl)c(Cl)c1. The topological polar surface area (TPSA) is 123 Å². The van der Waals surface area contributed by atoms with Crippen LogP contribution in [0.4, 0.5) is 5.82 Å². The van der Waals surface area contributed by atoms with Crippen molar-refractivity contribution < 1.29 is 9.59 Å². The van der Waals surface area contributed by atoms with Crippen molar-refractivity contribution in [2.75, 3.05) is 12.3 Å². The Morgan fingerprint density at radius 1 is 0.943 bits per heavy atom. The number of amides is 2. The lowest BCUT2D eigenvalue weighted by atomic mass is 9.97. The minimum Gasteiger partial charge on any atom is -0.384 e. The number of nitrogens with one attached hydrogen (secondary N) is 2. The first-order valence-corrected chi connectivity index (χ1v) is 12.0. The molecule has 2 amide bonds. The number of carbonyl (C=O) groups excluding carboxylic acids is 2. The van der Waals surface area contributed by atoms with E-state index in [1.54, 1.807) is 36.4 Å². The van der Waals surface area contributed by atoms with Gasteiger partial charge in [-0.2, -0.15) is 0 Å². The van der Waals surface area contributed by atoms with E-state index >= 15 is 0 Å². The highest BCUT2D eigenvalue weighted by Gasteiger charge is 2.24. The van der Waals surface area contributed by atoms with Crippen molar-refractivity contribution in [3.8, 4) is 0 Å². The third kappa shape index (κ3) is 7.57. The average molecular weight is 535 g/mol. The number of halogens is 3. The molecule has 0 saturated carbocycles. The molecular weight excluding hydrogens is 509 g/mol. The Hall–Kier alpha value is -2.84. The van der Waals surface area contributed by atoms with E-state index in [9.17, 15) is 9.59 Å². The first-order chi connectivity index (χ1) is 16.6. The van der Waals surface area contributed by atoms with Crippen LogP contribution in [0.15, 0.2) is 54.6 Å². The molecule has 184 valence electrons. The van der Waals surface area contributed by atoms with Crippen LogP contribution in [-0.4, -0.2) is 29.4 Å². The van der Waals surface area contributed by atoms with E-state index in [1.807, 2.05) is 25.1 Å². The van der Waals surface area contributed by atoms with Crippen LogP contribution < -0.4 is 22.1 Å². The second-order valence-corrected chi connectivity index (χ2v) is 9.36. The minimum absolute atomic E-state index is 0.0237. The number of hydrogen-bond donors (Lipinski definition) is 4.